The Bertz CT molecular complexity index is 626. The maximum Gasteiger partial charge on any atom is 0.141 e. The minimum atomic E-state index is -0.326. The van der Waals surface area contributed by atoms with Crippen molar-refractivity contribution in [2.75, 3.05) is 7.11 Å². The number of methoxy groups -OCH3 is 1. The molecule has 21 heavy (non-hydrogen) atoms. The summed E-state index contributed by atoms with van der Waals surface area (Å²) in [4.78, 5) is -0.0146. The van der Waals surface area contributed by atoms with Gasteiger partial charge in [0.1, 0.15) is 11.6 Å². The van der Waals surface area contributed by atoms with Crippen LogP contribution in [0.1, 0.15) is 29.8 Å². The van der Waals surface area contributed by atoms with E-state index in [4.69, 9.17) is 4.74 Å². The highest BCUT2D eigenvalue weighted by Gasteiger charge is 2.33. The largest absolute Gasteiger partial charge is 0.496 e. The number of hydrogen-bond acceptors (Lipinski definition) is 1. The second-order valence-electron chi connectivity index (χ2n) is 5.46. The first-order valence-electron chi connectivity index (χ1n) is 6.60. The first kappa shape index (κ1) is 16.5. The van der Waals surface area contributed by atoms with Crippen LogP contribution >= 0.6 is 31.9 Å². The van der Waals surface area contributed by atoms with Crippen molar-refractivity contribution in [3.63, 3.8) is 0 Å². The Labute approximate surface area is 141 Å². The fourth-order valence-corrected chi connectivity index (χ4v) is 3.30. The molecule has 0 aliphatic carbocycles. The number of ether oxygens (including phenoxy) is 1. The summed E-state index contributed by atoms with van der Waals surface area (Å²) in [6, 6.07) is 13.4. The third-order valence-corrected chi connectivity index (χ3v) is 5.94. The third kappa shape index (κ3) is 3.32. The van der Waals surface area contributed by atoms with E-state index in [9.17, 15) is 4.39 Å². The molecule has 2 aromatic rings. The van der Waals surface area contributed by atoms with E-state index in [0.29, 0.717) is 10.2 Å². The minimum absolute atomic E-state index is 0.0146. The fourth-order valence-electron chi connectivity index (χ4n) is 2.32. The molecular weight excluding hydrogens is 399 g/mol. The van der Waals surface area contributed by atoms with Gasteiger partial charge in [0.25, 0.3) is 0 Å². The molecule has 0 N–H and O–H groups in total. The maximum atomic E-state index is 13.7. The Morgan fingerprint density at radius 1 is 1.14 bits per heavy atom. The fraction of sp³-hybridized carbons (Fsp3) is 0.294. The van der Waals surface area contributed by atoms with Gasteiger partial charge in [0.2, 0.25) is 0 Å². The highest BCUT2D eigenvalue weighted by molar-refractivity contribution is 9.10. The highest BCUT2D eigenvalue weighted by Crippen LogP contribution is 2.46. The summed E-state index contributed by atoms with van der Waals surface area (Å²) in [6.07, 6.45) is 0. The predicted octanol–water partition coefficient (Wildman–Crippen LogP) is 6.01. The molecule has 0 amide bonds. The molecule has 0 aliphatic rings. The second-order valence-corrected chi connectivity index (χ2v) is 7.23. The molecule has 0 aliphatic heterocycles. The van der Waals surface area contributed by atoms with Gasteiger partial charge >= 0.3 is 0 Å². The third-order valence-electron chi connectivity index (χ3n) is 3.70. The molecule has 0 fully saturated rings. The summed E-state index contributed by atoms with van der Waals surface area (Å²) >= 11 is 7.02. The standard InChI is InChI=1S/C17H17Br2FO/c1-17(2,11-7-5-4-6-8-11)16(19)12-9-13(18)14(20)10-15(12)21-3/h4-10,16H,1-3H3. The molecule has 1 unspecified atom stereocenters. The molecule has 0 saturated carbocycles. The zero-order chi connectivity index (χ0) is 15.6. The molecule has 0 bridgehead atoms. The second kappa shape index (κ2) is 6.49. The Hall–Kier alpha value is -0.870. The Morgan fingerprint density at radius 3 is 2.33 bits per heavy atom. The van der Waals surface area contributed by atoms with Crippen LogP contribution in [0.25, 0.3) is 0 Å². The van der Waals surface area contributed by atoms with Gasteiger partial charge in [0.15, 0.2) is 0 Å². The van der Waals surface area contributed by atoms with Crippen LogP contribution in [0, 0.1) is 5.82 Å². The molecule has 4 heteroatoms. The van der Waals surface area contributed by atoms with E-state index in [1.165, 1.54) is 11.6 Å². The predicted molar refractivity (Wildman–Crippen MR) is 91.8 cm³/mol. The molecule has 0 radical (unpaired) electrons. The molecular formula is C17H17Br2FO. The first-order chi connectivity index (χ1) is 9.87. The van der Waals surface area contributed by atoms with E-state index < -0.39 is 0 Å². The van der Waals surface area contributed by atoms with Gasteiger partial charge in [0, 0.05) is 17.0 Å². The minimum Gasteiger partial charge on any atom is -0.496 e. The summed E-state index contributed by atoms with van der Waals surface area (Å²) in [5.41, 5.74) is 1.94. The molecule has 112 valence electrons. The molecule has 0 saturated heterocycles. The number of benzene rings is 2. The lowest BCUT2D eigenvalue weighted by molar-refractivity contribution is 0.398. The average molecular weight is 416 g/mol. The van der Waals surface area contributed by atoms with E-state index in [-0.39, 0.29) is 16.1 Å². The summed E-state index contributed by atoms with van der Waals surface area (Å²) in [7, 11) is 1.56. The SMILES string of the molecule is COc1cc(F)c(Br)cc1C(Br)C(C)(C)c1ccccc1. The van der Waals surface area contributed by atoms with Crippen molar-refractivity contribution >= 4 is 31.9 Å². The number of rotatable bonds is 4. The monoisotopic (exact) mass is 414 g/mol. The summed E-state index contributed by atoms with van der Waals surface area (Å²) in [5, 5.41) is 0. The van der Waals surface area contributed by atoms with Gasteiger partial charge in [-0.25, -0.2) is 4.39 Å². The highest BCUT2D eigenvalue weighted by atomic mass is 79.9. The van der Waals surface area contributed by atoms with E-state index in [2.05, 4.69) is 57.8 Å². The van der Waals surface area contributed by atoms with Crippen LogP contribution in [0.4, 0.5) is 4.39 Å². The van der Waals surface area contributed by atoms with Crippen LogP contribution in [0.5, 0.6) is 5.75 Å². The number of hydrogen-bond donors (Lipinski definition) is 0. The molecule has 2 aromatic carbocycles. The van der Waals surface area contributed by atoms with E-state index >= 15 is 0 Å². The van der Waals surface area contributed by atoms with Crippen LogP contribution in [0.3, 0.4) is 0 Å². The molecule has 0 spiro atoms. The van der Waals surface area contributed by atoms with Gasteiger partial charge in [0.05, 0.1) is 16.4 Å². The van der Waals surface area contributed by atoms with Gasteiger partial charge in [-0.05, 0) is 27.6 Å². The van der Waals surface area contributed by atoms with Gasteiger partial charge in [-0.2, -0.15) is 0 Å². The molecule has 0 aromatic heterocycles. The van der Waals surface area contributed by atoms with Crippen molar-refractivity contribution in [3.05, 3.63) is 63.9 Å². The lowest BCUT2D eigenvalue weighted by Gasteiger charge is -2.32. The van der Waals surface area contributed by atoms with E-state index in [1.54, 1.807) is 13.2 Å². The quantitative estimate of drug-likeness (QED) is 0.555. The van der Waals surface area contributed by atoms with Gasteiger partial charge in [-0.1, -0.05) is 60.1 Å². The van der Waals surface area contributed by atoms with Crippen LogP contribution < -0.4 is 4.74 Å². The van der Waals surface area contributed by atoms with E-state index in [1.807, 2.05) is 18.2 Å². The summed E-state index contributed by atoms with van der Waals surface area (Å²) < 4.78 is 19.5. The lowest BCUT2D eigenvalue weighted by Crippen LogP contribution is -2.23. The number of halogens is 3. The van der Waals surface area contributed by atoms with Crippen LogP contribution in [-0.4, -0.2) is 7.11 Å². The first-order valence-corrected chi connectivity index (χ1v) is 8.31. The van der Waals surface area contributed by atoms with Crippen molar-refractivity contribution in [1.29, 1.82) is 0 Å². The van der Waals surface area contributed by atoms with E-state index in [0.717, 1.165) is 5.56 Å². The average Bonchev–Trinajstić information content (AvgIpc) is 2.49. The zero-order valence-corrected chi connectivity index (χ0v) is 15.3. The molecule has 1 nitrogen and oxygen atoms in total. The Kier molecular flexibility index (Phi) is 5.10. The normalized spacial score (nSPS) is 13.0. The molecule has 0 heterocycles. The summed E-state index contributed by atoms with van der Waals surface area (Å²) in [6.45, 7) is 4.30. The Morgan fingerprint density at radius 2 is 1.76 bits per heavy atom. The van der Waals surface area contributed by atoms with Crippen molar-refractivity contribution in [1.82, 2.24) is 0 Å². The number of alkyl halides is 1. The van der Waals surface area contributed by atoms with Gasteiger partial charge in [-0.15, -0.1) is 0 Å². The smallest absolute Gasteiger partial charge is 0.141 e. The van der Waals surface area contributed by atoms with Crippen molar-refractivity contribution < 1.29 is 9.13 Å². The molecule has 2 rings (SSSR count). The van der Waals surface area contributed by atoms with Gasteiger partial charge < -0.3 is 4.74 Å². The van der Waals surface area contributed by atoms with Gasteiger partial charge in [-0.3, -0.25) is 0 Å². The van der Waals surface area contributed by atoms with Crippen LogP contribution in [0.2, 0.25) is 0 Å². The van der Waals surface area contributed by atoms with Crippen LogP contribution in [-0.2, 0) is 5.41 Å². The summed E-state index contributed by atoms with van der Waals surface area (Å²) in [5.74, 6) is 0.217. The van der Waals surface area contributed by atoms with Crippen molar-refractivity contribution in [3.8, 4) is 5.75 Å². The molecule has 1 atom stereocenters. The van der Waals surface area contributed by atoms with Crippen molar-refractivity contribution in [2.45, 2.75) is 24.1 Å². The topological polar surface area (TPSA) is 9.23 Å². The zero-order valence-electron chi connectivity index (χ0n) is 12.2. The lowest BCUT2D eigenvalue weighted by atomic mass is 9.79. The Balaban J connectivity index is 2.49. The van der Waals surface area contributed by atoms with Crippen LogP contribution in [0.15, 0.2) is 46.9 Å². The maximum absolute atomic E-state index is 13.7. The van der Waals surface area contributed by atoms with Crippen molar-refractivity contribution in [2.24, 2.45) is 0 Å².